The molecule has 0 saturated heterocycles. The summed E-state index contributed by atoms with van der Waals surface area (Å²) in [6.45, 7) is 4.54. The fourth-order valence-corrected chi connectivity index (χ4v) is 3.24. The van der Waals surface area contributed by atoms with Crippen molar-refractivity contribution in [3.63, 3.8) is 0 Å². The summed E-state index contributed by atoms with van der Waals surface area (Å²) < 4.78 is 11.2. The Hall–Kier alpha value is -2.79. The van der Waals surface area contributed by atoms with E-state index < -0.39 is 0 Å². The predicted molar refractivity (Wildman–Crippen MR) is 102 cm³/mol. The Morgan fingerprint density at radius 1 is 1.08 bits per heavy atom. The van der Waals surface area contributed by atoms with Crippen molar-refractivity contribution in [2.24, 2.45) is 0 Å². The fourth-order valence-electron chi connectivity index (χ4n) is 3.24. The summed E-state index contributed by atoms with van der Waals surface area (Å²) in [5.41, 5.74) is 3.98. The number of H-pyrrole nitrogens is 1. The minimum Gasteiger partial charge on any atom is -0.486 e. The molecular formula is C21H22N2O3. The lowest BCUT2D eigenvalue weighted by Crippen LogP contribution is -2.23. The molecule has 134 valence electrons. The number of fused-ring (bicyclic) bond motifs is 2. The maximum atomic E-state index is 12.3. The Balaban J connectivity index is 1.46. The lowest BCUT2D eigenvalue weighted by atomic mass is 10.1. The third kappa shape index (κ3) is 3.58. The summed E-state index contributed by atoms with van der Waals surface area (Å²) in [6.07, 6.45) is 0.936. The van der Waals surface area contributed by atoms with Crippen molar-refractivity contribution >= 4 is 10.9 Å². The molecule has 0 radical (unpaired) electrons. The van der Waals surface area contributed by atoms with Crippen LogP contribution in [0.2, 0.25) is 0 Å². The zero-order valence-corrected chi connectivity index (χ0v) is 14.8. The molecule has 26 heavy (non-hydrogen) atoms. The number of pyridine rings is 1. The third-order valence-electron chi connectivity index (χ3n) is 4.57. The van der Waals surface area contributed by atoms with Crippen molar-refractivity contribution < 1.29 is 9.47 Å². The van der Waals surface area contributed by atoms with Crippen LogP contribution in [-0.2, 0) is 13.0 Å². The molecule has 1 aromatic heterocycles. The Morgan fingerprint density at radius 2 is 1.88 bits per heavy atom. The number of aryl methyl sites for hydroxylation is 1. The van der Waals surface area contributed by atoms with Crippen molar-refractivity contribution in [3.8, 4) is 11.5 Å². The van der Waals surface area contributed by atoms with Gasteiger partial charge < -0.3 is 19.8 Å². The van der Waals surface area contributed by atoms with E-state index in [0.717, 1.165) is 35.2 Å². The number of hydrogen-bond acceptors (Lipinski definition) is 4. The lowest BCUT2D eigenvalue weighted by molar-refractivity contribution is 0.172. The van der Waals surface area contributed by atoms with Crippen LogP contribution in [0.1, 0.15) is 16.7 Å². The zero-order valence-electron chi connectivity index (χ0n) is 14.8. The van der Waals surface area contributed by atoms with E-state index in [1.807, 2.05) is 18.2 Å². The van der Waals surface area contributed by atoms with Crippen LogP contribution in [0.25, 0.3) is 10.9 Å². The summed E-state index contributed by atoms with van der Waals surface area (Å²) in [7, 11) is 0. The fraction of sp³-hybridized carbons (Fsp3) is 0.286. The molecule has 1 aliphatic rings. The second kappa shape index (κ2) is 7.22. The van der Waals surface area contributed by atoms with Crippen LogP contribution in [0.3, 0.4) is 0 Å². The normalized spacial score (nSPS) is 13.1. The van der Waals surface area contributed by atoms with Gasteiger partial charge in [0.1, 0.15) is 13.2 Å². The number of ether oxygens (including phenoxy) is 2. The molecule has 5 nitrogen and oxygen atoms in total. The van der Waals surface area contributed by atoms with Crippen LogP contribution in [-0.4, -0.2) is 24.7 Å². The maximum absolute atomic E-state index is 12.3. The van der Waals surface area contributed by atoms with Crippen molar-refractivity contribution in [2.75, 3.05) is 19.8 Å². The summed E-state index contributed by atoms with van der Waals surface area (Å²) in [6, 6.07) is 14.2. The summed E-state index contributed by atoms with van der Waals surface area (Å²) >= 11 is 0. The molecule has 0 fully saturated rings. The lowest BCUT2D eigenvalue weighted by Gasteiger charge is -2.18. The largest absolute Gasteiger partial charge is 0.486 e. The zero-order chi connectivity index (χ0) is 17.9. The first-order valence-electron chi connectivity index (χ1n) is 8.91. The van der Waals surface area contributed by atoms with E-state index in [2.05, 4.69) is 41.5 Å². The average Bonchev–Trinajstić information content (AvgIpc) is 2.64. The highest BCUT2D eigenvalue weighted by molar-refractivity contribution is 5.83. The second-order valence-corrected chi connectivity index (χ2v) is 6.62. The molecule has 5 heteroatoms. The molecule has 4 rings (SSSR count). The van der Waals surface area contributed by atoms with Crippen LogP contribution in [0.15, 0.2) is 47.3 Å². The van der Waals surface area contributed by atoms with Crippen LogP contribution in [0.4, 0.5) is 0 Å². The number of aromatic nitrogens is 1. The Labute approximate surface area is 152 Å². The van der Waals surface area contributed by atoms with E-state index in [4.69, 9.17) is 9.47 Å². The first-order valence-corrected chi connectivity index (χ1v) is 8.91. The predicted octanol–water partition coefficient (Wildman–Crippen LogP) is 2.94. The highest BCUT2D eigenvalue weighted by Crippen LogP contribution is 2.33. The Bertz CT molecular complexity index is 994. The maximum Gasteiger partial charge on any atom is 0.252 e. The van der Waals surface area contributed by atoms with Crippen LogP contribution >= 0.6 is 0 Å². The van der Waals surface area contributed by atoms with E-state index in [1.165, 1.54) is 11.1 Å². The molecule has 1 aliphatic heterocycles. The van der Waals surface area contributed by atoms with Gasteiger partial charge in [-0.2, -0.15) is 0 Å². The van der Waals surface area contributed by atoms with Crippen LogP contribution < -0.4 is 20.3 Å². The molecule has 2 heterocycles. The molecule has 0 spiro atoms. The summed E-state index contributed by atoms with van der Waals surface area (Å²) in [4.78, 5) is 15.3. The number of aromatic amines is 1. The minimum absolute atomic E-state index is 0.0720. The number of hydrogen-bond donors (Lipinski definition) is 2. The van der Waals surface area contributed by atoms with Gasteiger partial charge in [0.15, 0.2) is 11.5 Å². The highest BCUT2D eigenvalue weighted by Gasteiger charge is 2.14. The highest BCUT2D eigenvalue weighted by atomic mass is 16.6. The molecule has 0 aliphatic carbocycles. The smallest absolute Gasteiger partial charge is 0.252 e. The van der Waals surface area contributed by atoms with E-state index in [9.17, 15) is 4.79 Å². The first kappa shape index (κ1) is 16.7. The average molecular weight is 350 g/mol. The number of benzene rings is 2. The van der Waals surface area contributed by atoms with Gasteiger partial charge in [0.25, 0.3) is 5.56 Å². The molecule has 2 N–H and O–H groups in total. The molecule has 2 aromatic carbocycles. The molecule has 0 amide bonds. The standard InChI is InChI=1S/C21H22N2O3/c1-14-3-2-4-15(9-14)5-6-22-13-17-10-16-11-19-20(26-8-7-25-19)12-18(16)23-21(17)24/h2-4,9-12,22H,5-8,13H2,1H3,(H,23,24). The van der Waals surface area contributed by atoms with Crippen molar-refractivity contribution in [1.29, 1.82) is 0 Å². The van der Waals surface area contributed by atoms with E-state index in [-0.39, 0.29) is 5.56 Å². The molecule has 0 saturated carbocycles. The van der Waals surface area contributed by atoms with Gasteiger partial charge in [-0.15, -0.1) is 0 Å². The van der Waals surface area contributed by atoms with E-state index in [1.54, 1.807) is 0 Å². The first-order chi connectivity index (χ1) is 12.7. The summed E-state index contributed by atoms with van der Waals surface area (Å²) in [5, 5.41) is 4.31. The van der Waals surface area contributed by atoms with Gasteiger partial charge in [0, 0.05) is 23.6 Å². The van der Waals surface area contributed by atoms with Crippen molar-refractivity contribution in [2.45, 2.75) is 19.9 Å². The molecular weight excluding hydrogens is 328 g/mol. The van der Waals surface area contributed by atoms with Gasteiger partial charge in [0.2, 0.25) is 0 Å². The number of nitrogens with one attached hydrogen (secondary N) is 2. The van der Waals surface area contributed by atoms with Gasteiger partial charge in [-0.25, -0.2) is 0 Å². The monoisotopic (exact) mass is 350 g/mol. The Kier molecular flexibility index (Phi) is 4.63. The Morgan fingerprint density at radius 3 is 2.69 bits per heavy atom. The summed E-state index contributed by atoms with van der Waals surface area (Å²) in [5.74, 6) is 1.41. The van der Waals surface area contributed by atoms with Gasteiger partial charge in [-0.05, 0) is 37.6 Å². The number of rotatable bonds is 5. The van der Waals surface area contributed by atoms with Gasteiger partial charge >= 0.3 is 0 Å². The van der Waals surface area contributed by atoms with E-state index in [0.29, 0.717) is 25.5 Å². The third-order valence-corrected chi connectivity index (χ3v) is 4.57. The molecule has 3 aromatic rings. The van der Waals surface area contributed by atoms with Gasteiger partial charge in [-0.1, -0.05) is 29.8 Å². The van der Waals surface area contributed by atoms with Crippen molar-refractivity contribution in [1.82, 2.24) is 10.3 Å². The minimum atomic E-state index is -0.0720. The second-order valence-electron chi connectivity index (χ2n) is 6.62. The topological polar surface area (TPSA) is 63.4 Å². The van der Waals surface area contributed by atoms with E-state index >= 15 is 0 Å². The SMILES string of the molecule is Cc1cccc(CCNCc2cc3cc4c(cc3[nH]c2=O)OCCO4)c1. The van der Waals surface area contributed by atoms with Gasteiger partial charge in [-0.3, -0.25) is 4.79 Å². The van der Waals surface area contributed by atoms with Crippen molar-refractivity contribution in [3.05, 3.63) is 69.5 Å². The van der Waals surface area contributed by atoms with Crippen LogP contribution in [0.5, 0.6) is 11.5 Å². The van der Waals surface area contributed by atoms with Crippen LogP contribution in [0, 0.1) is 6.92 Å². The molecule has 0 atom stereocenters. The van der Waals surface area contributed by atoms with Gasteiger partial charge in [0.05, 0.1) is 5.52 Å². The molecule has 0 bridgehead atoms. The quantitative estimate of drug-likeness (QED) is 0.695. The molecule has 0 unspecified atom stereocenters.